The molecule has 0 bridgehead atoms. The Hall–Kier alpha value is -1.26. The van der Waals surface area contributed by atoms with E-state index in [-0.39, 0.29) is 12.8 Å². The summed E-state index contributed by atoms with van der Waals surface area (Å²) in [6, 6.07) is 0. The van der Waals surface area contributed by atoms with Gasteiger partial charge in [0.15, 0.2) is 6.29 Å². The molecule has 1 saturated heterocycles. The molecule has 0 saturated carbocycles. The van der Waals surface area contributed by atoms with E-state index in [0.717, 1.165) is 64.2 Å². The van der Waals surface area contributed by atoms with Gasteiger partial charge in [0.2, 0.25) is 0 Å². The molecule has 1 heterocycles. The van der Waals surface area contributed by atoms with Crippen molar-refractivity contribution >= 4 is 11.9 Å². The number of aliphatic hydroxyl groups excluding tert-OH is 3. The van der Waals surface area contributed by atoms with Crippen molar-refractivity contribution in [2.24, 2.45) is 0 Å². The molecule has 1 aliphatic rings. The molecule has 1 fully saturated rings. The maximum Gasteiger partial charge on any atom is 0.308 e. The van der Waals surface area contributed by atoms with Gasteiger partial charge < -0.3 is 34.6 Å². The summed E-state index contributed by atoms with van der Waals surface area (Å²) in [7, 11) is 0. The molecule has 1 rings (SSSR count). The van der Waals surface area contributed by atoms with Crippen LogP contribution in [0.25, 0.3) is 0 Å². The van der Waals surface area contributed by atoms with Crippen LogP contribution in [0, 0.1) is 0 Å². The van der Waals surface area contributed by atoms with Gasteiger partial charge in [0.25, 0.3) is 0 Å². The van der Waals surface area contributed by atoms with Crippen LogP contribution in [0.4, 0.5) is 0 Å². The first-order valence-corrected chi connectivity index (χ1v) is 13.5. The van der Waals surface area contributed by atoms with Crippen LogP contribution in [-0.2, 0) is 23.8 Å². The summed E-state index contributed by atoms with van der Waals surface area (Å²) in [6.07, 6.45) is 3.42. The van der Waals surface area contributed by atoms with Gasteiger partial charge in [0, 0.05) is 0 Å². The van der Waals surface area contributed by atoms with Crippen LogP contribution in [0.1, 0.15) is 111 Å². The predicted molar refractivity (Wildman–Crippen MR) is 131 cm³/mol. The highest BCUT2D eigenvalue weighted by Crippen LogP contribution is 2.25. The van der Waals surface area contributed by atoms with Gasteiger partial charge >= 0.3 is 11.9 Å². The lowest BCUT2D eigenvalue weighted by molar-refractivity contribution is -0.304. The van der Waals surface area contributed by atoms with E-state index in [1.807, 2.05) is 0 Å². The van der Waals surface area contributed by atoms with Crippen LogP contribution < -0.4 is 0 Å². The van der Waals surface area contributed by atoms with Crippen molar-refractivity contribution in [3.63, 3.8) is 0 Å². The Balaban J connectivity index is 2.72. The van der Waals surface area contributed by atoms with Gasteiger partial charge in [-0.1, -0.05) is 71.6 Å². The number of carboxylic acids is 1. The fraction of sp³-hybridized carbons (Fsp3) is 0.923. The van der Waals surface area contributed by atoms with E-state index in [1.54, 1.807) is 6.92 Å². The van der Waals surface area contributed by atoms with Gasteiger partial charge in [0.1, 0.15) is 24.4 Å². The zero-order chi connectivity index (χ0) is 26.2. The molecule has 0 radical (unpaired) electrons. The number of ether oxygens (including phenoxy) is 3. The lowest BCUT2D eigenvalue weighted by atomic mass is 9.99. The Kier molecular flexibility index (Phi) is 16.4. The monoisotopic (exact) mass is 504 g/mol. The van der Waals surface area contributed by atoms with Crippen LogP contribution in [0.15, 0.2) is 0 Å². The molecule has 0 spiro atoms. The van der Waals surface area contributed by atoms with E-state index < -0.39 is 54.9 Å². The van der Waals surface area contributed by atoms with E-state index in [9.17, 15) is 30.0 Å². The van der Waals surface area contributed by atoms with Crippen LogP contribution in [0.2, 0.25) is 0 Å². The second-order valence-corrected chi connectivity index (χ2v) is 9.76. The molecule has 1 aliphatic heterocycles. The molecule has 0 aromatic heterocycles. The molecule has 7 unspecified atom stereocenters. The largest absolute Gasteiger partial charge is 0.481 e. The molecule has 0 aliphatic carbocycles. The van der Waals surface area contributed by atoms with E-state index in [0.29, 0.717) is 12.8 Å². The average molecular weight is 505 g/mol. The van der Waals surface area contributed by atoms with Crippen LogP contribution in [0.5, 0.6) is 0 Å². The van der Waals surface area contributed by atoms with Crippen molar-refractivity contribution in [3.8, 4) is 0 Å². The van der Waals surface area contributed by atoms with Gasteiger partial charge in [-0.05, 0) is 26.2 Å². The minimum Gasteiger partial charge on any atom is -0.481 e. The lowest BCUT2D eigenvalue weighted by Gasteiger charge is -2.40. The summed E-state index contributed by atoms with van der Waals surface area (Å²) in [5, 5.41) is 39.5. The molecule has 4 N–H and O–H groups in total. The summed E-state index contributed by atoms with van der Waals surface area (Å²) < 4.78 is 17.0. The van der Waals surface area contributed by atoms with Gasteiger partial charge in [-0.2, -0.15) is 0 Å². The van der Waals surface area contributed by atoms with Crippen molar-refractivity contribution < 1.29 is 44.2 Å². The molecule has 9 nitrogen and oxygen atoms in total. The summed E-state index contributed by atoms with van der Waals surface area (Å²) in [5.41, 5.74) is 0. The fourth-order valence-corrected chi connectivity index (χ4v) is 4.30. The number of aliphatic carboxylic acids is 1. The third-order valence-electron chi connectivity index (χ3n) is 6.49. The number of carbonyl (C=O) groups excluding carboxylic acids is 1. The standard InChI is InChI=1S/C26H48O9/c1-4-6-8-10-12-14-19(16-21(27)28)34-22(29)17-20(15-13-11-9-7-5-2)35-26-25(32)24(31)23(30)18(3)33-26/h18-20,23-26,30-32H,4-17H2,1-3H3,(H,27,28). The molecule has 0 aromatic rings. The van der Waals surface area contributed by atoms with Gasteiger partial charge in [-0.3, -0.25) is 9.59 Å². The second-order valence-electron chi connectivity index (χ2n) is 9.76. The third kappa shape index (κ3) is 13.0. The minimum atomic E-state index is -1.46. The van der Waals surface area contributed by atoms with E-state index in [4.69, 9.17) is 14.2 Å². The first kappa shape index (κ1) is 31.8. The number of hydrogen-bond acceptors (Lipinski definition) is 8. The molecular weight excluding hydrogens is 456 g/mol. The van der Waals surface area contributed by atoms with Crippen molar-refractivity contribution in [2.45, 2.75) is 154 Å². The molecular formula is C26H48O9. The maximum atomic E-state index is 12.7. The van der Waals surface area contributed by atoms with Crippen LogP contribution in [-0.4, -0.2) is 75.3 Å². The Morgan fingerprint density at radius 1 is 0.771 bits per heavy atom. The molecule has 7 atom stereocenters. The lowest BCUT2D eigenvalue weighted by Crippen LogP contribution is -2.58. The first-order valence-electron chi connectivity index (χ1n) is 13.5. The minimum absolute atomic E-state index is 0.112. The number of aliphatic hydroxyl groups is 3. The van der Waals surface area contributed by atoms with Gasteiger partial charge in [-0.15, -0.1) is 0 Å². The van der Waals surface area contributed by atoms with E-state index in [1.165, 1.54) is 0 Å². The SMILES string of the molecule is CCCCCCCC(CC(=O)O)OC(=O)CC(CCCCCCC)OC1OC(C)C(O)C(O)C1O. The fourth-order valence-electron chi connectivity index (χ4n) is 4.30. The smallest absolute Gasteiger partial charge is 0.308 e. The van der Waals surface area contributed by atoms with E-state index in [2.05, 4.69) is 13.8 Å². The van der Waals surface area contributed by atoms with Crippen molar-refractivity contribution in [1.29, 1.82) is 0 Å². The zero-order valence-corrected chi connectivity index (χ0v) is 21.8. The molecule has 206 valence electrons. The Morgan fingerprint density at radius 2 is 1.31 bits per heavy atom. The van der Waals surface area contributed by atoms with Crippen molar-refractivity contribution in [3.05, 3.63) is 0 Å². The normalized spacial score (nSPS) is 26.3. The van der Waals surface area contributed by atoms with Crippen molar-refractivity contribution in [2.75, 3.05) is 0 Å². The van der Waals surface area contributed by atoms with Gasteiger partial charge in [-0.25, -0.2) is 0 Å². The summed E-state index contributed by atoms with van der Waals surface area (Å²) in [5.74, 6) is -1.57. The number of unbranched alkanes of at least 4 members (excludes halogenated alkanes) is 8. The first-order chi connectivity index (χ1) is 16.7. The topological polar surface area (TPSA) is 143 Å². The number of esters is 1. The molecule has 0 aromatic carbocycles. The molecule has 35 heavy (non-hydrogen) atoms. The zero-order valence-electron chi connectivity index (χ0n) is 21.8. The quantitative estimate of drug-likeness (QED) is 0.153. The summed E-state index contributed by atoms with van der Waals surface area (Å²) >= 11 is 0. The Labute approximate surface area is 210 Å². The third-order valence-corrected chi connectivity index (χ3v) is 6.49. The summed E-state index contributed by atoms with van der Waals surface area (Å²) in [4.78, 5) is 24.0. The number of carboxylic acid groups (broad SMARTS) is 1. The summed E-state index contributed by atoms with van der Waals surface area (Å²) in [6.45, 7) is 5.82. The average Bonchev–Trinajstić information content (AvgIpc) is 2.80. The second kappa shape index (κ2) is 18.1. The van der Waals surface area contributed by atoms with Crippen LogP contribution in [0.3, 0.4) is 0 Å². The highest BCUT2D eigenvalue weighted by atomic mass is 16.7. The Bertz CT molecular complexity index is 585. The van der Waals surface area contributed by atoms with Gasteiger partial charge in [0.05, 0.1) is 25.0 Å². The van der Waals surface area contributed by atoms with Crippen LogP contribution >= 0.6 is 0 Å². The number of rotatable bonds is 19. The maximum absolute atomic E-state index is 12.7. The Morgan fingerprint density at radius 3 is 1.86 bits per heavy atom. The molecule has 0 amide bonds. The highest BCUT2D eigenvalue weighted by Gasteiger charge is 2.43. The highest BCUT2D eigenvalue weighted by molar-refractivity contribution is 5.72. The van der Waals surface area contributed by atoms with E-state index >= 15 is 0 Å². The number of hydrogen-bond donors (Lipinski definition) is 4. The number of carbonyl (C=O) groups is 2. The predicted octanol–water partition coefficient (Wildman–Crippen LogP) is 3.70. The molecule has 9 heteroatoms. The van der Waals surface area contributed by atoms with Crippen molar-refractivity contribution in [1.82, 2.24) is 0 Å².